The number of carbonyl (C=O) groups excluding carboxylic acids is 1. The number of ether oxygens (including phenoxy) is 4. The van der Waals surface area contributed by atoms with Crippen LogP contribution in [0, 0.1) is 11.6 Å². The molecule has 3 heterocycles. The zero-order valence-electron chi connectivity index (χ0n) is 18.5. The van der Waals surface area contributed by atoms with E-state index in [0.29, 0.717) is 5.69 Å². The molecule has 0 spiro atoms. The first-order chi connectivity index (χ1) is 16.9. The van der Waals surface area contributed by atoms with Crippen molar-refractivity contribution in [3.63, 3.8) is 0 Å². The second kappa shape index (κ2) is 11.2. The van der Waals surface area contributed by atoms with Crippen molar-refractivity contribution >= 4 is 41.5 Å². The summed E-state index contributed by atoms with van der Waals surface area (Å²) in [5.74, 6) is -1.52. The number of nitrogens with zero attached hydrogens (tertiary/aromatic N) is 2. The molecular formula is C22H24ClF2N5O5. The molecule has 1 aromatic heterocycles. The summed E-state index contributed by atoms with van der Waals surface area (Å²) < 4.78 is 50.5. The summed E-state index contributed by atoms with van der Waals surface area (Å²) in [7, 11) is 0. The number of anilines is 2. The maximum Gasteiger partial charge on any atom is 0.243 e. The number of nitrogens with two attached hydrogens (primary N) is 1. The Balaban J connectivity index is 1.32. The van der Waals surface area contributed by atoms with Crippen molar-refractivity contribution in [2.45, 2.75) is 31.0 Å². The van der Waals surface area contributed by atoms with Crippen LogP contribution in [0.5, 0.6) is 0 Å². The molecule has 4 N–H and O–H groups in total. The number of hydrogen-bond acceptors (Lipinski definition) is 9. The number of benzene rings is 1. The van der Waals surface area contributed by atoms with E-state index in [9.17, 15) is 13.6 Å². The van der Waals surface area contributed by atoms with Gasteiger partial charge in [-0.25, -0.2) is 18.8 Å². The molecule has 2 saturated heterocycles. The largest absolute Gasteiger partial charge is 0.370 e. The van der Waals surface area contributed by atoms with Gasteiger partial charge in [0.15, 0.2) is 5.82 Å². The molecule has 0 unspecified atom stereocenters. The molecule has 0 bridgehead atoms. The molecule has 4 atom stereocenters. The van der Waals surface area contributed by atoms with Crippen LogP contribution >= 0.6 is 11.6 Å². The van der Waals surface area contributed by atoms with Crippen LogP contribution in [0.2, 0.25) is 5.02 Å². The minimum atomic E-state index is -0.679. The second-order valence-corrected chi connectivity index (χ2v) is 8.25. The fourth-order valence-corrected chi connectivity index (χ4v) is 4.08. The number of hydrogen-bond donors (Lipinski definition) is 3. The van der Waals surface area contributed by atoms with Gasteiger partial charge in [0, 0.05) is 12.1 Å². The van der Waals surface area contributed by atoms with Gasteiger partial charge < -0.3 is 35.3 Å². The normalized spacial score (nSPS) is 23.2. The van der Waals surface area contributed by atoms with E-state index in [1.54, 1.807) is 6.07 Å². The lowest BCUT2D eigenvalue weighted by Gasteiger charge is -2.18. The van der Waals surface area contributed by atoms with Crippen molar-refractivity contribution in [2.75, 3.05) is 37.2 Å². The molecule has 0 saturated carbocycles. The highest BCUT2D eigenvalue weighted by molar-refractivity contribution is 6.33. The minimum Gasteiger partial charge on any atom is -0.370 e. The lowest BCUT2D eigenvalue weighted by Crippen LogP contribution is -2.36. The predicted octanol–water partition coefficient (Wildman–Crippen LogP) is 2.38. The summed E-state index contributed by atoms with van der Waals surface area (Å²) in [6.07, 6.45) is -1.47. The fourth-order valence-electron chi connectivity index (χ4n) is 3.86. The lowest BCUT2D eigenvalue weighted by molar-refractivity contribution is -0.126. The highest BCUT2D eigenvalue weighted by Crippen LogP contribution is 2.33. The summed E-state index contributed by atoms with van der Waals surface area (Å²) in [5, 5.41) is 6.05. The molecule has 2 aliphatic heterocycles. The first-order valence-corrected chi connectivity index (χ1v) is 11.1. The summed E-state index contributed by atoms with van der Waals surface area (Å²) in [6.45, 7) is 3.75. The van der Waals surface area contributed by atoms with E-state index in [2.05, 4.69) is 27.3 Å². The zero-order chi connectivity index (χ0) is 24.9. The van der Waals surface area contributed by atoms with Crippen molar-refractivity contribution in [2.24, 2.45) is 10.7 Å². The Morgan fingerprint density at radius 2 is 1.86 bits per heavy atom. The first-order valence-electron chi connectivity index (χ1n) is 10.7. The van der Waals surface area contributed by atoms with Crippen LogP contribution < -0.4 is 16.4 Å². The van der Waals surface area contributed by atoms with Crippen LogP contribution in [0.3, 0.4) is 0 Å². The highest BCUT2D eigenvalue weighted by Gasteiger charge is 2.49. The minimum absolute atomic E-state index is 0.0567. The summed E-state index contributed by atoms with van der Waals surface area (Å²) >= 11 is 6.31. The zero-order valence-corrected chi connectivity index (χ0v) is 19.3. The number of aromatic nitrogens is 1. The van der Waals surface area contributed by atoms with E-state index in [4.69, 9.17) is 36.3 Å². The van der Waals surface area contributed by atoms with E-state index in [0.717, 1.165) is 0 Å². The fraction of sp³-hybridized carbons (Fsp3) is 0.409. The number of amides is 1. The summed E-state index contributed by atoms with van der Waals surface area (Å²) in [5.41, 5.74) is 5.42. The Morgan fingerprint density at radius 3 is 2.49 bits per heavy atom. The molecule has 0 radical (unpaired) electrons. The Kier molecular flexibility index (Phi) is 8.08. The molecule has 1 amide bonds. The quantitative estimate of drug-likeness (QED) is 0.310. The Morgan fingerprint density at radius 1 is 1.20 bits per heavy atom. The molecule has 2 fully saturated rings. The van der Waals surface area contributed by atoms with Gasteiger partial charge in [-0.2, -0.15) is 0 Å². The Bertz CT molecular complexity index is 1070. The van der Waals surface area contributed by atoms with Gasteiger partial charge in [-0.15, -0.1) is 0 Å². The highest BCUT2D eigenvalue weighted by atomic mass is 35.5. The number of aliphatic imine (C=N–C) groups is 1. The monoisotopic (exact) mass is 511 g/mol. The standard InChI is InChI=1S/C22H24ClF2N5O5/c1-27-22-15(5-12(23)21(30-22)28-6-11-13(24)3-2-4-14(11)25)29-10-35-17-8-34-19-16(7-33-20(17)19)32-9-18(26)31/h2-5,16-17,19-20,29H,1,6-10H2,(H2,26,31)(H,28,30)/t16-,17-,19-,20-/m1/s1. The smallest absolute Gasteiger partial charge is 0.243 e. The van der Waals surface area contributed by atoms with Crippen molar-refractivity contribution in [3.05, 3.63) is 46.5 Å². The number of carbonyl (C=O) groups is 1. The molecule has 35 heavy (non-hydrogen) atoms. The van der Waals surface area contributed by atoms with Crippen molar-refractivity contribution in [1.82, 2.24) is 4.98 Å². The third kappa shape index (κ3) is 5.85. The first kappa shape index (κ1) is 25.2. The molecular weight excluding hydrogens is 488 g/mol. The molecule has 188 valence electrons. The van der Waals surface area contributed by atoms with E-state index in [-0.39, 0.29) is 73.6 Å². The summed E-state index contributed by atoms with van der Waals surface area (Å²) in [4.78, 5) is 19.1. The van der Waals surface area contributed by atoms with Crippen LogP contribution in [0.25, 0.3) is 0 Å². The van der Waals surface area contributed by atoms with Crippen molar-refractivity contribution in [1.29, 1.82) is 0 Å². The van der Waals surface area contributed by atoms with Gasteiger partial charge in [-0.3, -0.25) is 4.79 Å². The number of nitrogens with one attached hydrogen (secondary N) is 2. The Labute approximate surface area is 204 Å². The van der Waals surface area contributed by atoms with E-state index < -0.39 is 23.6 Å². The van der Waals surface area contributed by atoms with Crippen LogP contribution in [0.15, 0.2) is 29.3 Å². The van der Waals surface area contributed by atoms with Gasteiger partial charge in [0.25, 0.3) is 0 Å². The van der Waals surface area contributed by atoms with Gasteiger partial charge in [0.1, 0.15) is 55.2 Å². The molecule has 1 aromatic carbocycles. The molecule has 10 nitrogen and oxygen atoms in total. The third-order valence-electron chi connectivity index (χ3n) is 5.56. The van der Waals surface area contributed by atoms with E-state index in [1.165, 1.54) is 18.2 Å². The molecule has 4 rings (SSSR count). The van der Waals surface area contributed by atoms with Crippen molar-refractivity contribution in [3.8, 4) is 0 Å². The van der Waals surface area contributed by atoms with Crippen LogP contribution in [0.4, 0.5) is 26.1 Å². The number of pyridine rings is 1. The van der Waals surface area contributed by atoms with Gasteiger partial charge in [-0.1, -0.05) is 17.7 Å². The molecule has 13 heteroatoms. The Hall–Kier alpha value is -2.90. The van der Waals surface area contributed by atoms with E-state index >= 15 is 0 Å². The van der Waals surface area contributed by atoms with Gasteiger partial charge in [0.2, 0.25) is 5.91 Å². The van der Waals surface area contributed by atoms with Crippen LogP contribution in [0.1, 0.15) is 5.56 Å². The van der Waals surface area contributed by atoms with Gasteiger partial charge in [0.05, 0.1) is 23.9 Å². The number of fused-ring (bicyclic) bond motifs is 1. The summed E-state index contributed by atoms with van der Waals surface area (Å²) in [6, 6.07) is 5.17. The SMILES string of the molecule is C=Nc1nc(NCc2c(F)cccc2F)c(Cl)cc1NCO[C@@H]1CO[C@H]2[C@@H]1OC[C@H]2OCC(N)=O. The van der Waals surface area contributed by atoms with E-state index in [1.807, 2.05) is 0 Å². The predicted molar refractivity (Wildman–Crippen MR) is 124 cm³/mol. The van der Waals surface area contributed by atoms with Gasteiger partial charge in [-0.05, 0) is 24.9 Å². The van der Waals surface area contributed by atoms with Crippen molar-refractivity contribution < 1.29 is 32.5 Å². The molecule has 2 aromatic rings. The van der Waals surface area contributed by atoms with Crippen LogP contribution in [-0.4, -0.2) is 68.6 Å². The number of primary amides is 1. The maximum absolute atomic E-state index is 13.9. The maximum atomic E-state index is 13.9. The number of halogens is 3. The van der Waals surface area contributed by atoms with Gasteiger partial charge >= 0.3 is 0 Å². The average Bonchev–Trinajstić information content (AvgIpc) is 3.41. The molecule has 2 aliphatic rings. The number of rotatable bonds is 11. The third-order valence-corrected chi connectivity index (χ3v) is 5.85. The topological polar surface area (TPSA) is 129 Å². The van der Waals surface area contributed by atoms with Crippen LogP contribution in [-0.2, 0) is 30.3 Å². The average molecular weight is 512 g/mol. The lowest BCUT2D eigenvalue weighted by atomic mass is 10.1. The second-order valence-electron chi connectivity index (χ2n) is 7.84. The molecule has 0 aliphatic carbocycles.